The zero-order valence-electron chi connectivity index (χ0n) is 31.5. The quantitative estimate of drug-likeness (QED) is 0.0648. The zero-order chi connectivity index (χ0) is 41.1. The van der Waals surface area contributed by atoms with Crippen LogP contribution < -0.4 is 27.0 Å². The predicted molar refractivity (Wildman–Crippen MR) is 216 cm³/mol. The molecule has 0 saturated carbocycles. The molecule has 5 rings (SSSR count). The molecular formula is C41H49N7O8S. The monoisotopic (exact) mass is 799 g/mol. The number of aliphatic hydroxyl groups is 1. The first-order chi connectivity index (χ1) is 27.4. The number of aliphatic hydroxyl groups excluding tert-OH is 1. The third-order valence-corrected chi connectivity index (χ3v) is 10.3. The first kappa shape index (κ1) is 42.4. The fourth-order valence-electron chi connectivity index (χ4n) is 6.90. The first-order valence-corrected chi connectivity index (χ1v) is 19.4. The largest absolute Gasteiger partial charge is 0.480 e. The van der Waals surface area contributed by atoms with E-state index in [9.17, 15) is 39.0 Å². The predicted octanol–water partition coefficient (Wildman–Crippen LogP) is 0.849. The van der Waals surface area contributed by atoms with Crippen LogP contribution in [-0.4, -0.2) is 110 Å². The summed E-state index contributed by atoms with van der Waals surface area (Å²) in [5, 5.41) is 31.7. The Labute approximate surface area is 335 Å². The van der Waals surface area contributed by atoms with Gasteiger partial charge < -0.3 is 47.1 Å². The number of aromatic nitrogens is 1. The molecule has 0 unspecified atom stereocenters. The van der Waals surface area contributed by atoms with Crippen LogP contribution in [0.2, 0.25) is 0 Å². The van der Waals surface area contributed by atoms with Crippen LogP contribution in [0.5, 0.6) is 0 Å². The maximum absolute atomic E-state index is 13.9. The number of nitrogens with one attached hydrogen (secondary N) is 5. The highest BCUT2D eigenvalue weighted by Gasteiger charge is 2.39. The number of para-hydroxylation sites is 1. The van der Waals surface area contributed by atoms with E-state index in [4.69, 9.17) is 5.73 Å². The molecule has 0 aliphatic carbocycles. The summed E-state index contributed by atoms with van der Waals surface area (Å²) in [7, 11) is 0. The highest BCUT2D eigenvalue weighted by atomic mass is 32.1. The molecule has 1 saturated heterocycles. The third kappa shape index (κ3) is 11.2. The number of H-pyrrole nitrogens is 1. The average molecular weight is 800 g/mol. The molecule has 0 spiro atoms. The SMILES string of the molecule is C[C@@H](O)[C@H](NC(=O)[C@@H](N)Cc1c[nH]c2ccccc12)C(=O)N[C@@H](Cc1ccccc1)C(=O)N[C@@H](CS)C(=O)N1CCC[C@H]1C(=O)N[C@@H](Cc1ccccc1)C(=O)O. The number of rotatable bonds is 18. The lowest BCUT2D eigenvalue weighted by Gasteiger charge is -2.30. The molecule has 0 radical (unpaired) electrons. The number of carboxylic acid groups (broad SMARTS) is 1. The van der Waals surface area contributed by atoms with Gasteiger partial charge in [-0.15, -0.1) is 0 Å². The molecule has 1 aliphatic heterocycles. The van der Waals surface area contributed by atoms with Crippen LogP contribution in [-0.2, 0) is 48.0 Å². The third-order valence-electron chi connectivity index (χ3n) is 9.96. The van der Waals surface area contributed by atoms with E-state index in [1.54, 1.807) is 66.9 Å². The number of hydrogen-bond acceptors (Lipinski definition) is 9. The maximum atomic E-state index is 13.9. The summed E-state index contributed by atoms with van der Waals surface area (Å²) in [6.45, 7) is 1.51. The van der Waals surface area contributed by atoms with Gasteiger partial charge in [-0.3, -0.25) is 24.0 Å². The van der Waals surface area contributed by atoms with E-state index in [1.807, 2.05) is 24.3 Å². The van der Waals surface area contributed by atoms with Crippen molar-refractivity contribution in [3.63, 3.8) is 0 Å². The molecule has 4 aromatic rings. The van der Waals surface area contributed by atoms with Crippen molar-refractivity contribution in [2.24, 2.45) is 5.73 Å². The van der Waals surface area contributed by atoms with Gasteiger partial charge >= 0.3 is 5.97 Å². The van der Waals surface area contributed by atoms with Gasteiger partial charge in [-0.1, -0.05) is 78.9 Å². The number of carboxylic acids is 1. The van der Waals surface area contributed by atoms with Gasteiger partial charge in [-0.2, -0.15) is 12.6 Å². The molecule has 5 amide bonds. The number of aromatic amines is 1. The van der Waals surface area contributed by atoms with Crippen LogP contribution in [0.4, 0.5) is 0 Å². The van der Waals surface area contributed by atoms with Crippen molar-refractivity contribution in [2.45, 2.75) is 81.4 Å². The van der Waals surface area contributed by atoms with Gasteiger partial charge in [0.25, 0.3) is 0 Å². The van der Waals surface area contributed by atoms with Gasteiger partial charge in [-0.25, -0.2) is 4.79 Å². The Morgan fingerprint density at radius 1 is 0.789 bits per heavy atom. The summed E-state index contributed by atoms with van der Waals surface area (Å²) < 4.78 is 0. The van der Waals surface area contributed by atoms with Crippen molar-refractivity contribution in [1.29, 1.82) is 0 Å². The Kier molecular flexibility index (Phi) is 14.8. The number of amides is 5. The van der Waals surface area contributed by atoms with E-state index in [-0.39, 0.29) is 38.0 Å². The number of likely N-dealkylation sites (tertiary alicyclic amines) is 1. The summed E-state index contributed by atoms with van der Waals surface area (Å²) in [5.41, 5.74) is 9.31. The minimum absolute atomic E-state index is 0.0147. The fraction of sp³-hybridized carbons (Fsp3) is 0.366. The second-order valence-electron chi connectivity index (χ2n) is 14.2. The minimum Gasteiger partial charge on any atom is -0.480 e. The average Bonchev–Trinajstić information content (AvgIpc) is 3.86. The Morgan fingerprint density at radius 3 is 2.00 bits per heavy atom. The Balaban J connectivity index is 1.26. The van der Waals surface area contributed by atoms with Crippen molar-refractivity contribution in [2.75, 3.05) is 12.3 Å². The fourth-order valence-corrected chi connectivity index (χ4v) is 7.14. The molecule has 1 aliphatic rings. The Morgan fingerprint density at radius 2 is 1.39 bits per heavy atom. The summed E-state index contributed by atoms with van der Waals surface area (Å²) in [6.07, 6.45) is 1.31. The topological polar surface area (TPSA) is 236 Å². The molecule has 1 aromatic heterocycles. The second kappa shape index (κ2) is 19.9. The molecule has 16 heteroatoms. The van der Waals surface area contributed by atoms with Crippen LogP contribution in [0, 0.1) is 0 Å². The molecule has 57 heavy (non-hydrogen) atoms. The first-order valence-electron chi connectivity index (χ1n) is 18.8. The number of nitrogens with two attached hydrogens (primary N) is 1. The van der Waals surface area contributed by atoms with Crippen LogP contribution >= 0.6 is 12.6 Å². The summed E-state index contributed by atoms with van der Waals surface area (Å²) >= 11 is 4.32. The van der Waals surface area contributed by atoms with Gasteiger partial charge in [0, 0.05) is 42.2 Å². The van der Waals surface area contributed by atoms with E-state index in [2.05, 4.69) is 38.9 Å². The Bertz CT molecular complexity index is 2030. The molecule has 0 bridgehead atoms. The molecule has 302 valence electrons. The number of benzene rings is 3. The van der Waals surface area contributed by atoms with Crippen LogP contribution in [0.25, 0.3) is 10.9 Å². The zero-order valence-corrected chi connectivity index (χ0v) is 32.4. The lowest BCUT2D eigenvalue weighted by molar-refractivity contribution is -0.144. The minimum atomic E-state index is -1.49. The molecule has 2 heterocycles. The molecule has 1 fully saturated rings. The number of nitrogens with zero attached hydrogens (tertiary/aromatic N) is 1. The normalized spacial score (nSPS) is 17.1. The van der Waals surface area contributed by atoms with E-state index in [0.29, 0.717) is 17.5 Å². The van der Waals surface area contributed by atoms with Crippen molar-refractivity contribution < 1.29 is 39.0 Å². The highest BCUT2D eigenvalue weighted by Crippen LogP contribution is 2.21. The molecule has 9 N–H and O–H groups in total. The van der Waals surface area contributed by atoms with E-state index in [1.165, 1.54) is 11.8 Å². The molecular weight excluding hydrogens is 751 g/mol. The van der Waals surface area contributed by atoms with Crippen molar-refractivity contribution >= 4 is 59.0 Å². The Hall–Kier alpha value is -5.71. The summed E-state index contributed by atoms with van der Waals surface area (Å²) in [4.78, 5) is 84.7. The highest BCUT2D eigenvalue weighted by molar-refractivity contribution is 7.80. The van der Waals surface area contributed by atoms with Crippen LogP contribution in [0.1, 0.15) is 36.5 Å². The van der Waals surface area contributed by atoms with Gasteiger partial charge in [0.1, 0.15) is 30.2 Å². The molecule has 15 nitrogen and oxygen atoms in total. The molecule has 7 atom stereocenters. The molecule has 3 aromatic carbocycles. The number of aliphatic carboxylic acids is 1. The number of fused-ring (bicyclic) bond motifs is 1. The number of carbonyl (C=O) groups is 6. The second-order valence-corrected chi connectivity index (χ2v) is 14.5. The lowest BCUT2D eigenvalue weighted by Crippen LogP contribution is -2.61. The van der Waals surface area contributed by atoms with E-state index in [0.717, 1.165) is 16.5 Å². The van der Waals surface area contributed by atoms with Crippen LogP contribution in [0.15, 0.2) is 91.1 Å². The smallest absolute Gasteiger partial charge is 0.326 e. The van der Waals surface area contributed by atoms with Gasteiger partial charge in [-0.05, 0) is 48.9 Å². The van der Waals surface area contributed by atoms with Gasteiger partial charge in [0.2, 0.25) is 29.5 Å². The van der Waals surface area contributed by atoms with Crippen molar-refractivity contribution in [3.8, 4) is 0 Å². The standard InChI is InChI=1S/C41H49N7O8S/c1-24(49)35(47-36(50)29(42)21-27-22-43-30-16-9-8-15-28(27)30)39(53)44-31(19-25-11-4-2-5-12-25)37(51)46-33(23-57)40(54)48-18-10-17-34(48)38(52)45-32(41(55)56)20-26-13-6-3-7-14-26/h2-9,11-16,22,24,29,31-35,43,49,57H,10,17-21,23,42H2,1H3,(H,44,53)(H,45,52)(H,46,51)(H,47,50)(H,55,56)/t24-,29+,31+,32+,33+,34+,35+/m1/s1. The van der Waals surface area contributed by atoms with Gasteiger partial charge in [0.15, 0.2) is 0 Å². The number of carbonyl (C=O) groups excluding carboxylic acids is 5. The summed E-state index contributed by atoms with van der Waals surface area (Å²) in [6, 6.07) is 17.9. The maximum Gasteiger partial charge on any atom is 0.326 e. The summed E-state index contributed by atoms with van der Waals surface area (Å²) in [5.74, 6) is -4.91. The lowest BCUT2D eigenvalue weighted by atomic mass is 10.0. The van der Waals surface area contributed by atoms with Crippen LogP contribution in [0.3, 0.4) is 0 Å². The number of hydrogen-bond donors (Lipinski definition) is 9. The number of thiol groups is 1. The van der Waals surface area contributed by atoms with Crippen molar-refractivity contribution in [1.82, 2.24) is 31.2 Å². The van der Waals surface area contributed by atoms with Crippen molar-refractivity contribution in [3.05, 3.63) is 108 Å². The van der Waals surface area contributed by atoms with E-state index < -0.39 is 77.9 Å². The van der Waals surface area contributed by atoms with E-state index >= 15 is 0 Å². The van der Waals surface area contributed by atoms with Gasteiger partial charge in [0.05, 0.1) is 12.1 Å².